The van der Waals surface area contributed by atoms with Gasteiger partial charge < -0.3 is 24.0 Å². The number of hydrogen-bond acceptors (Lipinski definition) is 0. The zero-order chi connectivity index (χ0) is 9.97. The van der Waals surface area contributed by atoms with Crippen molar-refractivity contribution in [3.05, 3.63) is 61.2 Å². The van der Waals surface area contributed by atoms with Crippen molar-refractivity contribution in [3.63, 3.8) is 0 Å². The topological polar surface area (TPSA) is 8.81 Å². The standard InChI is InChI=1S/C12H13N2.HI/c1-11(12-6-4-3-5-7-12)14-9-8-13(2)10-14;/h3-10H,1H2,2H3;1H/q+1;/p-1. The molecule has 2 nitrogen and oxygen atoms in total. The second-order valence-corrected chi connectivity index (χ2v) is 3.30. The van der Waals surface area contributed by atoms with Gasteiger partial charge in [0.05, 0.1) is 7.05 Å². The van der Waals surface area contributed by atoms with Gasteiger partial charge >= 0.3 is 0 Å². The molecule has 0 amide bonds. The maximum absolute atomic E-state index is 4.06. The monoisotopic (exact) mass is 312 g/mol. The van der Waals surface area contributed by atoms with Crippen LogP contribution < -0.4 is 28.5 Å². The molecule has 2 rings (SSSR count). The van der Waals surface area contributed by atoms with Crippen molar-refractivity contribution in [1.82, 2.24) is 4.57 Å². The first kappa shape index (κ1) is 12.0. The number of aryl methyl sites for hydroxylation is 1. The van der Waals surface area contributed by atoms with E-state index in [1.807, 2.05) is 53.1 Å². The first-order valence-corrected chi connectivity index (χ1v) is 4.55. The van der Waals surface area contributed by atoms with E-state index in [1.165, 1.54) is 0 Å². The maximum atomic E-state index is 4.06. The average Bonchev–Trinajstić information content (AvgIpc) is 2.65. The Kier molecular flexibility index (Phi) is 4.08. The Balaban J connectivity index is 0.00000112. The van der Waals surface area contributed by atoms with E-state index in [0.29, 0.717) is 0 Å². The Morgan fingerprint density at radius 1 is 1.27 bits per heavy atom. The van der Waals surface area contributed by atoms with Gasteiger partial charge in [0, 0.05) is 5.56 Å². The molecule has 0 spiro atoms. The Morgan fingerprint density at radius 2 is 1.93 bits per heavy atom. The molecule has 0 aliphatic heterocycles. The van der Waals surface area contributed by atoms with Gasteiger partial charge in [0.1, 0.15) is 18.1 Å². The lowest BCUT2D eigenvalue weighted by molar-refractivity contribution is -0.670. The van der Waals surface area contributed by atoms with Crippen LogP contribution in [0.4, 0.5) is 0 Å². The van der Waals surface area contributed by atoms with Gasteiger partial charge in [-0.3, -0.25) is 0 Å². The molecule has 0 fully saturated rings. The van der Waals surface area contributed by atoms with Crippen molar-refractivity contribution in [2.45, 2.75) is 0 Å². The predicted octanol–water partition coefficient (Wildman–Crippen LogP) is -1.16. The van der Waals surface area contributed by atoms with Gasteiger partial charge in [-0.15, -0.1) is 0 Å². The minimum atomic E-state index is 0. The fourth-order valence-electron chi connectivity index (χ4n) is 1.39. The van der Waals surface area contributed by atoms with Crippen LogP contribution in [0.1, 0.15) is 5.56 Å². The van der Waals surface area contributed by atoms with Crippen LogP contribution in [0, 0.1) is 0 Å². The van der Waals surface area contributed by atoms with Crippen LogP contribution in [-0.2, 0) is 7.05 Å². The largest absolute Gasteiger partial charge is 1.00 e. The molecule has 1 aromatic carbocycles. The lowest BCUT2D eigenvalue weighted by Crippen LogP contribution is -3.00. The lowest BCUT2D eigenvalue weighted by atomic mass is 10.2. The molecule has 3 heteroatoms. The van der Waals surface area contributed by atoms with Crippen molar-refractivity contribution in [2.24, 2.45) is 7.05 Å². The van der Waals surface area contributed by atoms with E-state index in [-0.39, 0.29) is 24.0 Å². The van der Waals surface area contributed by atoms with Crippen LogP contribution in [0.2, 0.25) is 0 Å². The highest BCUT2D eigenvalue weighted by atomic mass is 127. The smallest absolute Gasteiger partial charge is 0.248 e. The van der Waals surface area contributed by atoms with Gasteiger partial charge in [-0.2, -0.15) is 0 Å². The van der Waals surface area contributed by atoms with E-state index in [2.05, 4.69) is 18.7 Å². The molecule has 0 N–H and O–H groups in total. The molecule has 0 aliphatic carbocycles. The van der Waals surface area contributed by atoms with E-state index in [1.54, 1.807) is 0 Å². The normalized spacial score (nSPS) is 9.40. The second kappa shape index (κ2) is 5.11. The summed E-state index contributed by atoms with van der Waals surface area (Å²) >= 11 is 0. The van der Waals surface area contributed by atoms with Crippen LogP contribution in [-0.4, -0.2) is 4.57 Å². The molecule has 1 heterocycles. The van der Waals surface area contributed by atoms with Crippen LogP contribution >= 0.6 is 0 Å². The second-order valence-electron chi connectivity index (χ2n) is 3.30. The number of nitrogens with zero attached hydrogens (tertiary/aromatic N) is 2. The van der Waals surface area contributed by atoms with E-state index in [4.69, 9.17) is 0 Å². The molecule has 0 unspecified atom stereocenters. The molecule has 0 atom stereocenters. The van der Waals surface area contributed by atoms with Crippen molar-refractivity contribution in [3.8, 4) is 0 Å². The number of benzene rings is 1. The lowest BCUT2D eigenvalue weighted by Gasteiger charge is -1.99. The molecule has 1 aromatic heterocycles. The van der Waals surface area contributed by atoms with Crippen LogP contribution in [0.25, 0.3) is 5.70 Å². The third-order valence-corrected chi connectivity index (χ3v) is 2.19. The number of halogens is 1. The summed E-state index contributed by atoms with van der Waals surface area (Å²) in [4.78, 5) is 0. The van der Waals surface area contributed by atoms with Crippen LogP contribution in [0.15, 0.2) is 55.6 Å². The van der Waals surface area contributed by atoms with Gasteiger partial charge in [-0.25, -0.2) is 9.13 Å². The van der Waals surface area contributed by atoms with E-state index in [9.17, 15) is 0 Å². The van der Waals surface area contributed by atoms with Crippen LogP contribution in [0.3, 0.4) is 0 Å². The molecule has 0 saturated carbocycles. The third kappa shape index (κ3) is 2.68. The van der Waals surface area contributed by atoms with Crippen molar-refractivity contribution < 1.29 is 28.5 Å². The molecular formula is C12H13IN2. The summed E-state index contributed by atoms with van der Waals surface area (Å²) in [6.45, 7) is 4.06. The Bertz CT molecular complexity index is 446. The summed E-state index contributed by atoms with van der Waals surface area (Å²) < 4.78 is 4.00. The van der Waals surface area contributed by atoms with Gasteiger partial charge in [0.15, 0.2) is 0 Å². The SMILES string of the molecule is C=C(c1ccccc1)n1cc[n+](C)c1.[I-]. The van der Waals surface area contributed by atoms with E-state index < -0.39 is 0 Å². The Labute approximate surface area is 107 Å². The highest BCUT2D eigenvalue weighted by molar-refractivity contribution is 5.62. The Morgan fingerprint density at radius 3 is 2.47 bits per heavy atom. The highest BCUT2D eigenvalue weighted by Gasteiger charge is 2.06. The quantitative estimate of drug-likeness (QED) is 0.488. The molecule has 0 aliphatic rings. The summed E-state index contributed by atoms with van der Waals surface area (Å²) in [6, 6.07) is 10.2. The van der Waals surface area contributed by atoms with Crippen molar-refractivity contribution in [2.75, 3.05) is 0 Å². The zero-order valence-corrected chi connectivity index (χ0v) is 10.8. The average molecular weight is 312 g/mol. The van der Waals surface area contributed by atoms with Gasteiger partial charge in [-0.05, 0) is 0 Å². The van der Waals surface area contributed by atoms with Crippen molar-refractivity contribution >= 4 is 5.70 Å². The maximum Gasteiger partial charge on any atom is 0.248 e. The molecule has 0 bridgehead atoms. The van der Waals surface area contributed by atoms with Gasteiger partial charge in [-0.1, -0.05) is 36.9 Å². The summed E-state index contributed by atoms with van der Waals surface area (Å²) in [7, 11) is 1.99. The Hall–Kier alpha value is -1.10. The van der Waals surface area contributed by atoms with E-state index >= 15 is 0 Å². The number of hydrogen-bond donors (Lipinski definition) is 0. The first-order valence-electron chi connectivity index (χ1n) is 4.55. The number of aromatic nitrogens is 2. The summed E-state index contributed by atoms with van der Waals surface area (Å²) in [5.74, 6) is 0. The first-order chi connectivity index (χ1) is 6.77. The van der Waals surface area contributed by atoms with Crippen LogP contribution in [0.5, 0.6) is 0 Å². The summed E-state index contributed by atoms with van der Waals surface area (Å²) in [5, 5.41) is 0. The fourth-order valence-corrected chi connectivity index (χ4v) is 1.39. The van der Waals surface area contributed by atoms with Gasteiger partial charge in [0.25, 0.3) is 0 Å². The fraction of sp³-hybridized carbons (Fsp3) is 0.0833. The minimum Gasteiger partial charge on any atom is -1.00 e. The van der Waals surface area contributed by atoms with E-state index in [0.717, 1.165) is 11.3 Å². The molecule has 2 aromatic rings. The molecular weight excluding hydrogens is 299 g/mol. The highest BCUT2D eigenvalue weighted by Crippen LogP contribution is 2.12. The zero-order valence-electron chi connectivity index (χ0n) is 8.60. The molecule has 0 saturated heterocycles. The van der Waals surface area contributed by atoms with Gasteiger partial charge in [0.2, 0.25) is 6.33 Å². The predicted molar refractivity (Wildman–Crippen MR) is 56.5 cm³/mol. The van der Waals surface area contributed by atoms with Crippen molar-refractivity contribution in [1.29, 1.82) is 0 Å². The molecule has 78 valence electrons. The number of rotatable bonds is 2. The molecule has 0 radical (unpaired) electrons. The molecule has 15 heavy (non-hydrogen) atoms. The summed E-state index contributed by atoms with van der Waals surface area (Å²) in [6.07, 6.45) is 5.98. The summed E-state index contributed by atoms with van der Waals surface area (Å²) in [5.41, 5.74) is 2.13. The minimum absolute atomic E-state index is 0. The third-order valence-electron chi connectivity index (χ3n) is 2.19. The number of imidazole rings is 1.